The van der Waals surface area contributed by atoms with Gasteiger partial charge in [-0.3, -0.25) is 14.5 Å². The van der Waals surface area contributed by atoms with Crippen LogP contribution in [0.1, 0.15) is 44.9 Å². The Balaban J connectivity index is 1.23. The number of fused-ring (bicyclic) bond motifs is 2. The van der Waals surface area contributed by atoms with E-state index in [1.807, 2.05) is 6.20 Å². The summed E-state index contributed by atoms with van der Waals surface area (Å²) in [4.78, 5) is 36.9. The number of nitrogens with one attached hydrogen (secondary N) is 1. The zero-order valence-corrected chi connectivity index (χ0v) is 22.4. The summed E-state index contributed by atoms with van der Waals surface area (Å²) >= 11 is 6.62. The van der Waals surface area contributed by atoms with Crippen molar-refractivity contribution in [1.82, 2.24) is 24.9 Å². The van der Waals surface area contributed by atoms with Crippen LogP contribution in [0.5, 0.6) is 0 Å². The topological polar surface area (TPSA) is 68.4 Å². The summed E-state index contributed by atoms with van der Waals surface area (Å²) in [6, 6.07) is 0.491. The number of morpholine rings is 1. The van der Waals surface area contributed by atoms with Gasteiger partial charge in [-0.05, 0) is 65.1 Å². The first-order chi connectivity index (χ1) is 17.5. The van der Waals surface area contributed by atoms with Gasteiger partial charge in [-0.2, -0.15) is 0 Å². The summed E-state index contributed by atoms with van der Waals surface area (Å²) in [7, 11) is 2.17. The van der Waals surface area contributed by atoms with Crippen LogP contribution in [-0.4, -0.2) is 126 Å². The Hall–Kier alpha value is -1.19. The molecule has 0 aromatic heterocycles. The number of alkyl halides is 1. The van der Waals surface area contributed by atoms with Gasteiger partial charge >= 0.3 is 0 Å². The van der Waals surface area contributed by atoms with Gasteiger partial charge in [0.05, 0.1) is 29.9 Å². The van der Waals surface area contributed by atoms with Gasteiger partial charge in [-0.25, -0.2) is 0 Å². The normalized spacial score (nSPS) is 39.9. The van der Waals surface area contributed by atoms with E-state index in [0.29, 0.717) is 18.2 Å². The van der Waals surface area contributed by atoms with E-state index in [-0.39, 0.29) is 47.3 Å². The molecule has 0 bridgehead atoms. The molecule has 1 N–H and O–H groups in total. The molecular formula is C27H42ClN5O3. The van der Waals surface area contributed by atoms with E-state index in [4.69, 9.17) is 16.3 Å². The number of amides is 1. The molecule has 0 aromatic carbocycles. The SMILES string of the molecule is CN1CCN(C2CC3OC4CCC(Cl)CC4N4C=C(C(=O)NCCN5CCCC5)C(=O)C(C2)C34)CC1. The zero-order chi connectivity index (χ0) is 24.8. The number of hydrogen-bond donors (Lipinski definition) is 1. The van der Waals surface area contributed by atoms with Gasteiger partial charge in [0, 0.05) is 62.8 Å². The van der Waals surface area contributed by atoms with Crippen molar-refractivity contribution < 1.29 is 14.3 Å². The molecule has 1 amide bonds. The first kappa shape index (κ1) is 25.1. The maximum Gasteiger partial charge on any atom is 0.256 e. The van der Waals surface area contributed by atoms with Crippen molar-refractivity contribution in [3.63, 3.8) is 0 Å². The van der Waals surface area contributed by atoms with Gasteiger partial charge in [0.1, 0.15) is 0 Å². The van der Waals surface area contributed by atoms with Crippen LogP contribution in [0.3, 0.4) is 0 Å². The smallest absolute Gasteiger partial charge is 0.256 e. The summed E-state index contributed by atoms with van der Waals surface area (Å²) in [5.41, 5.74) is 0.341. The minimum atomic E-state index is -0.211. The van der Waals surface area contributed by atoms with E-state index >= 15 is 0 Å². The lowest BCUT2D eigenvalue weighted by molar-refractivity contribution is -0.188. The molecule has 0 radical (unpaired) electrons. The van der Waals surface area contributed by atoms with Crippen molar-refractivity contribution in [1.29, 1.82) is 0 Å². The Morgan fingerprint density at radius 2 is 1.83 bits per heavy atom. The summed E-state index contributed by atoms with van der Waals surface area (Å²) < 4.78 is 6.76. The summed E-state index contributed by atoms with van der Waals surface area (Å²) in [6.07, 6.45) is 9.05. The quantitative estimate of drug-likeness (QED) is 0.433. The van der Waals surface area contributed by atoms with Crippen molar-refractivity contribution in [3.8, 4) is 0 Å². The van der Waals surface area contributed by atoms with Crippen LogP contribution < -0.4 is 5.32 Å². The number of carbonyl (C=O) groups excluding carboxylic acids is 2. The highest BCUT2D eigenvalue weighted by atomic mass is 35.5. The van der Waals surface area contributed by atoms with E-state index in [0.717, 1.165) is 77.9 Å². The third-order valence-corrected chi connectivity index (χ3v) is 10.1. The number of ether oxygens (including phenoxy) is 1. The highest BCUT2D eigenvalue weighted by molar-refractivity contribution is 6.21. The molecule has 7 atom stereocenters. The third-order valence-electron chi connectivity index (χ3n) is 9.68. The fourth-order valence-corrected chi connectivity index (χ4v) is 7.97. The highest BCUT2D eigenvalue weighted by Crippen LogP contribution is 2.46. The Bertz CT molecular complexity index is 871. The van der Waals surface area contributed by atoms with E-state index in [1.54, 1.807) is 0 Å². The number of ketones is 1. The maximum absolute atomic E-state index is 13.9. The molecule has 6 aliphatic rings. The minimum absolute atomic E-state index is 0.0130. The summed E-state index contributed by atoms with van der Waals surface area (Å²) in [6.45, 7) is 7.82. The van der Waals surface area contributed by atoms with E-state index in [1.165, 1.54) is 12.8 Å². The number of nitrogens with zero attached hydrogens (tertiary/aromatic N) is 4. The van der Waals surface area contributed by atoms with E-state index < -0.39 is 0 Å². The van der Waals surface area contributed by atoms with Crippen LogP contribution >= 0.6 is 11.6 Å². The van der Waals surface area contributed by atoms with Gasteiger partial charge in [-0.15, -0.1) is 11.6 Å². The first-order valence-corrected chi connectivity index (χ1v) is 14.7. The molecule has 9 heteroatoms. The van der Waals surface area contributed by atoms with E-state index in [2.05, 4.69) is 32.0 Å². The number of Topliss-reactive ketones (excluding diaryl/α,β-unsaturated/α-hetero) is 1. The predicted octanol–water partition coefficient (Wildman–Crippen LogP) is 1.29. The fraction of sp³-hybridized carbons (Fsp3) is 0.852. The Kier molecular flexibility index (Phi) is 7.34. The van der Waals surface area contributed by atoms with Crippen LogP contribution in [-0.2, 0) is 14.3 Å². The number of halogens is 1. The molecule has 0 aromatic rings. The van der Waals surface area contributed by atoms with Crippen molar-refractivity contribution >= 4 is 23.3 Å². The minimum Gasteiger partial charge on any atom is -0.371 e. The lowest BCUT2D eigenvalue weighted by Gasteiger charge is -2.59. The van der Waals surface area contributed by atoms with Crippen LogP contribution in [0.15, 0.2) is 11.8 Å². The molecule has 36 heavy (non-hydrogen) atoms. The molecule has 4 aliphatic heterocycles. The average Bonchev–Trinajstić information content (AvgIpc) is 3.39. The summed E-state index contributed by atoms with van der Waals surface area (Å²) in [5.74, 6) is -0.398. The maximum atomic E-state index is 13.9. The molecule has 7 unspecified atom stereocenters. The lowest BCUT2D eigenvalue weighted by atomic mass is 9.70. The summed E-state index contributed by atoms with van der Waals surface area (Å²) in [5, 5.41) is 3.19. The number of piperazine rings is 1. The molecule has 200 valence electrons. The standard InChI is InChI=1S/C27H42ClN5O3/c1-30-10-12-32(13-11-30)19-15-20-25-24(16-19)36-23-5-4-18(28)14-22(23)33(25)17-21(26(20)34)27(35)29-6-9-31-7-2-3-8-31/h17-20,22-25H,2-16H2,1H3,(H,29,35). The van der Waals surface area contributed by atoms with Gasteiger partial charge in [-0.1, -0.05) is 0 Å². The second-order valence-corrected chi connectivity index (χ2v) is 12.5. The molecule has 6 rings (SSSR count). The molecule has 2 aliphatic carbocycles. The third kappa shape index (κ3) is 4.84. The number of hydrogen-bond acceptors (Lipinski definition) is 7. The van der Waals surface area contributed by atoms with Gasteiger partial charge in [0.2, 0.25) is 0 Å². The largest absolute Gasteiger partial charge is 0.371 e. The van der Waals surface area contributed by atoms with Crippen molar-refractivity contribution in [3.05, 3.63) is 11.8 Å². The molecule has 0 spiro atoms. The van der Waals surface area contributed by atoms with E-state index in [9.17, 15) is 9.59 Å². The molecule has 8 nitrogen and oxygen atoms in total. The van der Waals surface area contributed by atoms with Crippen LogP contribution in [0, 0.1) is 5.92 Å². The Morgan fingerprint density at radius 1 is 1.06 bits per heavy atom. The van der Waals surface area contributed by atoms with Gasteiger partial charge in [0.25, 0.3) is 5.91 Å². The first-order valence-electron chi connectivity index (χ1n) is 14.2. The lowest BCUT2D eigenvalue weighted by Crippen LogP contribution is -2.69. The fourth-order valence-electron chi connectivity index (χ4n) is 7.66. The predicted molar refractivity (Wildman–Crippen MR) is 139 cm³/mol. The Labute approximate surface area is 220 Å². The second-order valence-electron chi connectivity index (χ2n) is 11.9. The average molecular weight is 520 g/mol. The van der Waals surface area contributed by atoms with Crippen LogP contribution in [0.4, 0.5) is 0 Å². The second kappa shape index (κ2) is 10.5. The van der Waals surface area contributed by atoms with Crippen LogP contribution in [0.25, 0.3) is 0 Å². The van der Waals surface area contributed by atoms with Crippen molar-refractivity contribution in [2.45, 2.75) is 80.7 Å². The number of likely N-dealkylation sites (tertiary alicyclic amines) is 1. The monoisotopic (exact) mass is 519 g/mol. The van der Waals surface area contributed by atoms with Crippen LogP contribution in [0.2, 0.25) is 0 Å². The van der Waals surface area contributed by atoms with Crippen molar-refractivity contribution in [2.24, 2.45) is 5.92 Å². The number of likely N-dealkylation sites (N-methyl/N-ethyl adjacent to an activating group) is 1. The zero-order valence-electron chi connectivity index (χ0n) is 21.6. The van der Waals surface area contributed by atoms with Gasteiger partial charge in [0.15, 0.2) is 5.78 Å². The number of carbonyl (C=O) groups is 2. The molecule has 3 saturated heterocycles. The Morgan fingerprint density at radius 3 is 2.61 bits per heavy atom. The molecular weight excluding hydrogens is 478 g/mol. The highest BCUT2D eigenvalue weighted by Gasteiger charge is 2.56. The molecule has 2 saturated carbocycles. The number of rotatable bonds is 5. The van der Waals surface area contributed by atoms with Gasteiger partial charge < -0.3 is 24.8 Å². The van der Waals surface area contributed by atoms with Crippen molar-refractivity contribution in [2.75, 3.05) is 59.4 Å². The molecule has 4 heterocycles. The molecule has 5 fully saturated rings.